The summed E-state index contributed by atoms with van der Waals surface area (Å²) >= 11 is 0. The van der Waals surface area contributed by atoms with E-state index in [1.807, 2.05) is 48.5 Å². The molecule has 186 valence electrons. The first-order valence-electron chi connectivity index (χ1n) is 12.2. The van der Waals surface area contributed by atoms with E-state index in [4.69, 9.17) is 9.72 Å². The summed E-state index contributed by atoms with van der Waals surface area (Å²) in [6.45, 7) is 11.6. The number of alkyl carbamates (subject to hydrolysis) is 1. The number of amides is 1. The Bertz CT molecular complexity index is 1310. The highest BCUT2D eigenvalue weighted by atomic mass is 16.6. The monoisotopic (exact) mass is 476 g/mol. The number of hydrogen-bond donors (Lipinski definition) is 1. The van der Waals surface area contributed by atoms with Crippen molar-refractivity contribution in [3.63, 3.8) is 0 Å². The second kappa shape index (κ2) is 9.36. The summed E-state index contributed by atoms with van der Waals surface area (Å²) < 4.78 is 9.27. The number of nitrogens with zero attached hydrogens (tertiary/aromatic N) is 3. The number of fused-ring (bicyclic) bond motifs is 1. The van der Waals surface area contributed by atoms with Crippen molar-refractivity contribution in [2.24, 2.45) is 17.9 Å². The highest BCUT2D eigenvalue weighted by Gasteiger charge is 2.35. The molecule has 1 unspecified atom stereocenters. The minimum absolute atomic E-state index is 0.0279. The molecule has 1 amide bonds. The lowest BCUT2D eigenvalue weighted by atomic mass is 9.75. The summed E-state index contributed by atoms with van der Waals surface area (Å²) in [6.07, 6.45) is 2.89. The van der Waals surface area contributed by atoms with Crippen LogP contribution in [0.3, 0.4) is 0 Å². The van der Waals surface area contributed by atoms with Gasteiger partial charge in [0.25, 0.3) is 0 Å². The van der Waals surface area contributed by atoms with E-state index in [1.165, 1.54) is 0 Å². The molecule has 0 saturated carbocycles. The Morgan fingerprint density at radius 3 is 2.57 bits per heavy atom. The third-order valence-electron chi connectivity index (χ3n) is 6.62. The summed E-state index contributed by atoms with van der Waals surface area (Å²) in [5.74, 6) is 0. The van der Waals surface area contributed by atoms with Crippen LogP contribution < -0.4 is 11.0 Å². The molecule has 0 bridgehead atoms. The predicted molar refractivity (Wildman–Crippen MR) is 139 cm³/mol. The summed E-state index contributed by atoms with van der Waals surface area (Å²) in [4.78, 5) is 30.3. The van der Waals surface area contributed by atoms with Crippen LogP contribution in [0.25, 0.3) is 16.7 Å². The van der Waals surface area contributed by atoms with Gasteiger partial charge in [-0.25, -0.2) is 14.6 Å². The maximum absolute atomic E-state index is 12.9. The smallest absolute Gasteiger partial charge is 0.408 e. The van der Waals surface area contributed by atoms with E-state index in [9.17, 15) is 9.59 Å². The molecule has 1 aliphatic carbocycles. The van der Waals surface area contributed by atoms with E-state index in [0.29, 0.717) is 18.7 Å². The predicted octanol–water partition coefficient (Wildman–Crippen LogP) is 5.28. The van der Waals surface area contributed by atoms with Gasteiger partial charge in [0.05, 0.1) is 11.2 Å². The minimum Gasteiger partial charge on any atom is -0.441 e. The molecule has 1 aromatic carbocycles. The van der Waals surface area contributed by atoms with Gasteiger partial charge >= 0.3 is 11.8 Å². The van der Waals surface area contributed by atoms with E-state index in [-0.39, 0.29) is 22.6 Å². The average Bonchev–Trinajstić information content (AvgIpc) is 3.03. The molecule has 1 atom stereocenters. The van der Waals surface area contributed by atoms with Crippen molar-refractivity contribution in [3.8, 4) is 0 Å². The van der Waals surface area contributed by atoms with Gasteiger partial charge in [0, 0.05) is 25.6 Å². The summed E-state index contributed by atoms with van der Waals surface area (Å²) in [5, 5.41) is 2.85. The fourth-order valence-electron chi connectivity index (χ4n) is 4.50. The number of imidazole rings is 1. The molecule has 35 heavy (non-hydrogen) atoms. The number of allylic oxidation sites excluding steroid dienone is 1. The lowest BCUT2D eigenvalue weighted by Crippen LogP contribution is -2.38. The molecule has 0 spiro atoms. The number of rotatable bonds is 5. The molecule has 3 aromatic rings. The fraction of sp³-hybridized carbons (Fsp3) is 0.464. The molecule has 1 aliphatic rings. The third kappa shape index (κ3) is 5.50. The highest BCUT2D eigenvalue weighted by molar-refractivity contribution is 5.76. The molecule has 2 heterocycles. The van der Waals surface area contributed by atoms with Gasteiger partial charge < -0.3 is 10.1 Å². The molecule has 7 nitrogen and oxygen atoms in total. The number of pyridine rings is 1. The van der Waals surface area contributed by atoms with Crippen LogP contribution in [0.2, 0.25) is 0 Å². The Hall–Kier alpha value is -3.35. The Labute approximate surface area is 206 Å². The van der Waals surface area contributed by atoms with E-state index in [0.717, 1.165) is 35.2 Å². The van der Waals surface area contributed by atoms with Crippen LogP contribution in [-0.4, -0.2) is 26.3 Å². The van der Waals surface area contributed by atoms with Crippen molar-refractivity contribution < 1.29 is 9.53 Å². The first-order chi connectivity index (χ1) is 16.4. The maximum Gasteiger partial charge on any atom is 0.408 e. The zero-order chi connectivity index (χ0) is 25.4. The van der Waals surface area contributed by atoms with Crippen LogP contribution in [0.4, 0.5) is 4.79 Å². The largest absolute Gasteiger partial charge is 0.441 e. The van der Waals surface area contributed by atoms with Gasteiger partial charge in [-0.2, -0.15) is 0 Å². The molecule has 2 aromatic heterocycles. The number of carbonyl (C=O) groups is 1. The van der Waals surface area contributed by atoms with Crippen LogP contribution in [0, 0.1) is 10.8 Å². The number of aryl methyl sites for hydroxylation is 1. The number of aromatic nitrogens is 3. The van der Waals surface area contributed by atoms with Crippen molar-refractivity contribution in [2.45, 2.75) is 66.7 Å². The quantitative estimate of drug-likeness (QED) is 0.543. The Balaban J connectivity index is 1.58. The summed E-state index contributed by atoms with van der Waals surface area (Å²) in [6, 6.07) is 13.7. The Morgan fingerprint density at radius 1 is 1.17 bits per heavy atom. The SMILES string of the molecule is Cn1c(=O)n(CC(C)(C)C)c2ccc(C3=CC(OC(=O)NCc4ccccc4)C(C)(C)CC3)nc21. The standard InChI is InChI=1S/C28H36N4O3/c1-27(2,3)18-32-22-13-12-21(30-24(22)31(6)26(32)34)20-14-15-28(4,5)23(16-20)35-25(33)29-17-19-10-8-7-9-11-19/h7-13,16,23H,14-15,17-18H2,1-6H3,(H,29,33). The molecular weight excluding hydrogens is 440 g/mol. The zero-order valence-electron chi connectivity index (χ0n) is 21.6. The van der Waals surface area contributed by atoms with Crippen LogP contribution in [0.15, 0.2) is 53.3 Å². The average molecular weight is 477 g/mol. The fourth-order valence-corrected chi connectivity index (χ4v) is 4.50. The summed E-state index contributed by atoms with van der Waals surface area (Å²) in [5.41, 5.74) is 4.08. The van der Waals surface area contributed by atoms with Crippen LogP contribution in [0.5, 0.6) is 0 Å². The molecule has 0 fully saturated rings. The highest BCUT2D eigenvalue weighted by Crippen LogP contribution is 2.39. The van der Waals surface area contributed by atoms with Crippen molar-refractivity contribution >= 4 is 22.8 Å². The van der Waals surface area contributed by atoms with Gasteiger partial charge in [-0.15, -0.1) is 0 Å². The lowest BCUT2D eigenvalue weighted by Gasteiger charge is -2.36. The Kier molecular flexibility index (Phi) is 6.62. The lowest BCUT2D eigenvalue weighted by molar-refractivity contribution is 0.0451. The van der Waals surface area contributed by atoms with Crippen LogP contribution in [-0.2, 0) is 24.9 Å². The number of benzene rings is 1. The van der Waals surface area contributed by atoms with E-state index < -0.39 is 6.09 Å². The summed E-state index contributed by atoms with van der Waals surface area (Å²) in [7, 11) is 1.77. The number of ether oxygens (including phenoxy) is 1. The second-order valence-electron chi connectivity index (χ2n) is 11.4. The van der Waals surface area contributed by atoms with Gasteiger partial charge in [-0.05, 0) is 47.6 Å². The number of nitrogens with one attached hydrogen (secondary N) is 1. The normalized spacial score (nSPS) is 17.8. The van der Waals surface area contributed by atoms with Crippen molar-refractivity contribution in [1.82, 2.24) is 19.4 Å². The first kappa shape index (κ1) is 24.8. The molecular formula is C28H36N4O3. The van der Waals surface area contributed by atoms with E-state index >= 15 is 0 Å². The van der Waals surface area contributed by atoms with Gasteiger partial charge in [-0.1, -0.05) is 65.0 Å². The molecule has 7 heteroatoms. The topological polar surface area (TPSA) is 78.1 Å². The van der Waals surface area contributed by atoms with Gasteiger partial charge in [0.15, 0.2) is 5.65 Å². The van der Waals surface area contributed by atoms with E-state index in [1.54, 1.807) is 16.2 Å². The van der Waals surface area contributed by atoms with Crippen molar-refractivity contribution in [1.29, 1.82) is 0 Å². The van der Waals surface area contributed by atoms with Crippen molar-refractivity contribution in [3.05, 3.63) is 70.3 Å². The van der Waals surface area contributed by atoms with Gasteiger partial charge in [-0.3, -0.25) is 9.13 Å². The number of hydrogen-bond acceptors (Lipinski definition) is 4. The molecule has 0 saturated heterocycles. The maximum atomic E-state index is 12.9. The molecule has 4 rings (SSSR count). The van der Waals surface area contributed by atoms with Crippen LogP contribution in [0.1, 0.15) is 58.7 Å². The molecule has 0 aliphatic heterocycles. The minimum atomic E-state index is -0.436. The number of carbonyl (C=O) groups excluding carboxylic acids is 1. The van der Waals surface area contributed by atoms with E-state index in [2.05, 4.69) is 39.9 Å². The zero-order valence-corrected chi connectivity index (χ0v) is 21.6. The molecule has 1 N–H and O–H groups in total. The third-order valence-corrected chi connectivity index (χ3v) is 6.62. The first-order valence-corrected chi connectivity index (χ1v) is 12.2. The van der Waals surface area contributed by atoms with Crippen LogP contribution >= 0.6 is 0 Å². The second-order valence-corrected chi connectivity index (χ2v) is 11.4. The van der Waals surface area contributed by atoms with Crippen molar-refractivity contribution in [2.75, 3.05) is 0 Å². The van der Waals surface area contributed by atoms with Gasteiger partial charge in [0.2, 0.25) is 0 Å². The van der Waals surface area contributed by atoms with Gasteiger partial charge in [0.1, 0.15) is 6.10 Å². The Morgan fingerprint density at radius 2 is 1.89 bits per heavy atom. The molecule has 0 radical (unpaired) electrons.